The Morgan fingerprint density at radius 1 is 0.848 bits per heavy atom. The van der Waals surface area contributed by atoms with Crippen molar-refractivity contribution < 1.29 is 37.0 Å². The summed E-state index contributed by atoms with van der Waals surface area (Å²) >= 11 is 6.34. The Hall–Kier alpha value is -4.16. The zero-order valence-electron chi connectivity index (χ0n) is 27.4. The highest BCUT2D eigenvalue weighted by Gasteiger charge is 2.36. The van der Waals surface area contributed by atoms with Crippen LogP contribution in [0.25, 0.3) is 0 Å². The van der Waals surface area contributed by atoms with Gasteiger partial charge in [0, 0.05) is 23.2 Å². The molecule has 3 aromatic rings. The molecule has 3 rings (SSSR count). The second-order valence-electron chi connectivity index (χ2n) is 11.4. The van der Waals surface area contributed by atoms with E-state index in [9.17, 15) is 18.0 Å². The topological polar surface area (TPSA) is 124 Å². The van der Waals surface area contributed by atoms with Crippen LogP contribution in [0.3, 0.4) is 0 Å². The quantitative estimate of drug-likeness (QED) is 0.245. The zero-order chi connectivity index (χ0) is 34.2. The van der Waals surface area contributed by atoms with Crippen LogP contribution in [0.5, 0.6) is 23.0 Å². The van der Waals surface area contributed by atoms with E-state index >= 15 is 0 Å². The lowest BCUT2D eigenvalue weighted by atomic mass is 10.1. The summed E-state index contributed by atoms with van der Waals surface area (Å²) in [5.74, 6) is 0.300. The number of carbonyl (C=O) groups excluding carboxylic acids is 2. The van der Waals surface area contributed by atoms with E-state index in [1.54, 1.807) is 44.4 Å². The van der Waals surface area contributed by atoms with Crippen LogP contribution in [0.15, 0.2) is 65.6 Å². The Morgan fingerprint density at radius 2 is 1.46 bits per heavy atom. The van der Waals surface area contributed by atoms with Crippen LogP contribution in [0.2, 0.25) is 5.02 Å². The minimum Gasteiger partial charge on any atom is -0.497 e. The van der Waals surface area contributed by atoms with Crippen LogP contribution in [-0.2, 0) is 26.2 Å². The highest BCUT2D eigenvalue weighted by molar-refractivity contribution is 7.92. The van der Waals surface area contributed by atoms with Gasteiger partial charge in [0.05, 0.1) is 39.0 Å². The number of rotatable bonds is 14. The second-order valence-corrected chi connectivity index (χ2v) is 13.7. The molecule has 0 fully saturated rings. The van der Waals surface area contributed by atoms with Gasteiger partial charge in [-0.25, -0.2) is 8.42 Å². The average molecular weight is 676 g/mol. The summed E-state index contributed by atoms with van der Waals surface area (Å²) in [7, 11) is 1.30. The van der Waals surface area contributed by atoms with Crippen molar-refractivity contribution in [1.82, 2.24) is 10.2 Å². The third kappa shape index (κ3) is 8.76. The Bertz CT molecular complexity index is 1620. The molecular weight excluding hydrogens is 634 g/mol. The van der Waals surface area contributed by atoms with Gasteiger partial charge in [0.2, 0.25) is 11.8 Å². The van der Waals surface area contributed by atoms with E-state index in [1.807, 2.05) is 20.8 Å². The first-order valence-corrected chi connectivity index (χ1v) is 16.3. The van der Waals surface area contributed by atoms with Gasteiger partial charge in [0.1, 0.15) is 24.1 Å². The third-order valence-electron chi connectivity index (χ3n) is 7.03. The van der Waals surface area contributed by atoms with Gasteiger partial charge in [-0.3, -0.25) is 13.9 Å². The van der Waals surface area contributed by atoms with Crippen LogP contribution in [0.1, 0.15) is 39.7 Å². The fourth-order valence-corrected chi connectivity index (χ4v) is 6.37. The highest BCUT2D eigenvalue weighted by atomic mass is 35.5. The van der Waals surface area contributed by atoms with Gasteiger partial charge in [0.15, 0.2) is 11.5 Å². The standard InChI is InChI=1S/C33H42ClN3O8S/c1-9-26(32(39)35-33(2,3)4)36(20-22-10-13-24(42-5)14-11-22)31(38)21-37(27-18-23(34)12-16-28(27)43-6)46(40,41)25-15-17-29(44-7)30(19-25)45-8/h10-19,26H,9,20-21H2,1-8H3,(H,35,39)/t26-/m1/s1. The SMILES string of the molecule is CC[C@H](C(=O)NC(C)(C)C)N(Cc1ccc(OC)cc1)C(=O)CN(c1cc(Cl)ccc1OC)S(=O)(=O)c1ccc(OC)c(OC)c1. The number of carbonyl (C=O) groups is 2. The van der Waals surface area contributed by atoms with Gasteiger partial charge in [0.25, 0.3) is 10.0 Å². The molecule has 2 amide bonds. The molecule has 0 spiro atoms. The first kappa shape index (κ1) is 36.3. The van der Waals surface area contributed by atoms with Gasteiger partial charge >= 0.3 is 0 Å². The average Bonchev–Trinajstić information content (AvgIpc) is 3.02. The molecule has 3 aromatic carbocycles. The van der Waals surface area contributed by atoms with E-state index in [0.717, 1.165) is 4.31 Å². The lowest BCUT2D eigenvalue weighted by molar-refractivity contribution is -0.141. The van der Waals surface area contributed by atoms with Gasteiger partial charge < -0.3 is 29.2 Å². The highest BCUT2D eigenvalue weighted by Crippen LogP contribution is 2.37. The maximum absolute atomic E-state index is 14.4. The maximum Gasteiger partial charge on any atom is 0.265 e. The molecule has 250 valence electrons. The van der Waals surface area contributed by atoms with E-state index in [1.165, 1.54) is 56.6 Å². The predicted octanol–water partition coefficient (Wildman–Crippen LogP) is 5.29. The van der Waals surface area contributed by atoms with Crippen molar-refractivity contribution in [2.75, 3.05) is 39.3 Å². The van der Waals surface area contributed by atoms with Gasteiger partial charge in [-0.15, -0.1) is 0 Å². The van der Waals surface area contributed by atoms with Crippen LogP contribution < -0.4 is 28.6 Å². The van der Waals surface area contributed by atoms with E-state index in [2.05, 4.69) is 5.32 Å². The number of methoxy groups -OCH3 is 4. The summed E-state index contributed by atoms with van der Waals surface area (Å²) < 4.78 is 51.1. The molecule has 0 saturated carbocycles. The minimum atomic E-state index is -4.46. The largest absolute Gasteiger partial charge is 0.497 e. The fourth-order valence-electron chi connectivity index (χ4n) is 4.78. The maximum atomic E-state index is 14.4. The summed E-state index contributed by atoms with van der Waals surface area (Å²) in [5, 5.41) is 3.18. The molecule has 0 heterocycles. The number of anilines is 1. The molecule has 0 bridgehead atoms. The van der Waals surface area contributed by atoms with Crippen molar-refractivity contribution in [3.05, 3.63) is 71.2 Å². The molecule has 0 aromatic heterocycles. The number of nitrogens with one attached hydrogen (secondary N) is 1. The number of hydrogen-bond acceptors (Lipinski definition) is 8. The van der Waals surface area contributed by atoms with Crippen molar-refractivity contribution in [2.45, 2.75) is 57.1 Å². The van der Waals surface area contributed by atoms with Crippen molar-refractivity contribution in [3.8, 4) is 23.0 Å². The smallest absolute Gasteiger partial charge is 0.265 e. The Kier molecular flexibility index (Phi) is 12.2. The fraction of sp³-hybridized carbons (Fsp3) is 0.394. The normalized spacial score (nSPS) is 12.1. The lowest BCUT2D eigenvalue weighted by Crippen LogP contribution is -2.55. The van der Waals surface area contributed by atoms with Crippen molar-refractivity contribution in [3.63, 3.8) is 0 Å². The third-order valence-corrected chi connectivity index (χ3v) is 9.02. The Morgan fingerprint density at radius 3 is 2.00 bits per heavy atom. The molecule has 13 heteroatoms. The molecule has 0 aliphatic carbocycles. The molecule has 0 saturated heterocycles. The Balaban J connectivity index is 2.18. The number of amides is 2. The molecule has 0 unspecified atom stereocenters. The van der Waals surface area contributed by atoms with Crippen LogP contribution >= 0.6 is 11.6 Å². The Labute approximate surface area is 276 Å². The molecule has 1 atom stereocenters. The summed E-state index contributed by atoms with van der Waals surface area (Å²) in [4.78, 5) is 29.2. The second kappa shape index (κ2) is 15.4. The number of hydrogen-bond donors (Lipinski definition) is 1. The van der Waals surface area contributed by atoms with E-state index < -0.39 is 34.1 Å². The number of nitrogens with zero attached hydrogens (tertiary/aromatic N) is 2. The first-order chi connectivity index (χ1) is 21.7. The number of ether oxygens (including phenoxy) is 4. The van der Waals surface area contributed by atoms with Crippen LogP contribution in [-0.4, -0.2) is 71.7 Å². The molecule has 1 N–H and O–H groups in total. The van der Waals surface area contributed by atoms with Crippen molar-refractivity contribution in [2.24, 2.45) is 0 Å². The summed E-state index contributed by atoms with van der Waals surface area (Å²) in [5.41, 5.74) is 0.177. The number of sulfonamides is 1. The zero-order valence-corrected chi connectivity index (χ0v) is 29.0. The van der Waals surface area contributed by atoms with Crippen molar-refractivity contribution in [1.29, 1.82) is 0 Å². The van der Waals surface area contributed by atoms with Crippen molar-refractivity contribution >= 4 is 39.1 Å². The lowest BCUT2D eigenvalue weighted by Gasteiger charge is -2.35. The monoisotopic (exact) mass is 675 g/mol. The van der Waals surface area contributed by atoms with E-state index in [4.69, 9.17) is 30.5 Å². The van der Waals surface area contributed by atoms with Gasteiger partial charge in [-0.2, -0.15) is 0 Å². The number of halogens is 1. The van der Waals surface area contributed by atoms with Crippen LogP contribution in [0.4, 0.5) is 5.69 Å². The first-order valence-electron chi connectivity index (χ1n) is 14.5. The molecule has 0 aliphatic rings. The minimum absolute atomic E-state index is 0.0236. The van der Waals surface area contributed by atoms with Gasteiger partial charge in [-0.05, 0) is 75.2 Å². The number of benzene rings is 3. The summed E-state index contributed by atoms with van der Waals surface area (Å²) in [6.07, 6.45) is 0.271. The molecule has 0 radical (unpaired) electrons. The predicted molar refractivity (Wildman–Crippen MR) is 178 cm³/mol. The summed E-state index contributed by atoms with van der Waals surface area (Å²) in [6, 6.07) is 14.7. The molecular formula is C33H42ClN3O8S. The van der Waals surface area contributed by atoms with Crippen LogP contribution in [0, 0.1) is 0 Å². The molecule has 46 heavy (non-hydrogen) atoms. The van der Waals surface area contributed by atoms with E-state index in [-0.39, 0.29) is 46.0 Å². The van der Waals surface area contributed by atoms with Gasteiger partial charge in [-0.1, -0.05) is 30.7 Å². The molecule has 11 nitrogen and oxygen atoms in total. The summed E-state index contributed by atoms with van der Waals surface area (Å²) in [6.45, 7) is 6.67. The molecule has 0 aliphatic heterocycles. The van der Waals surface area contributed by atoms with E-state index in [0.29, 0.717) is 17.1 Å².